The molecule has 0 saturated carbocycles. The smallest absolute Gasteiger partial charge is 0.346 e. The lowest BCUT2D eigenvalue weighted by molar-refractivity contribution is -0.122. The number of hydrogen-bond donors (Lipinski definition) is 3. The Kier molecular flexibility index (Phi) is 5.62. The molecule has 0 radical (unpaired) electrons. The Balaban J connectivity index is 2.63. The number of carboxylic acid groups (broad SMARTS) is 1. The Morgan fingerprint density at radius 3 is 2.65 bits per heavy atom. The second-order valence-electron chi connectivity index (χ2n) is 3.80. The van der Waals surface area contributed by atoms with Gasteiger partial charge in [-0.25, -0.2) is 17.9 Å². The molecule has 1 amide bonds. The minimum Gasteiger partial charge on any atom is -0.477 e. The first-order chi connectivity index (χ1) is 9.24. The summed E-state index contributed by atoms with van der Waals surface area (Å²) in [4.78, 5) is 21.2. The number of amides is 1. The van der Waals surface area contributed by atoms with Crippen LogP contribution in [0.5, 0.6) is 0 Å². The lowest BCUT2D eigenvalue weighted by Crippen LogP contribution is -2.28. The van der Waals surface area contributed by atoms with E-state index in [-0.39, 0.29) is 28.8 Å². The summed E-state index contributed by atoms with van der Waals surface area (Å²) in [6.07, 6.45) is 0. The van der Waals surface area contributed by atoms with Gasteiger partial charge in [0.15, 0.2) is 0 Å². The van der Waals surface area contributed by atoms with E-state index in [0.29, 0.717) is 16.9 Å². The van der Waals surface area contributed by atoms with Gasteiger partial charge in [0.1, 0.15) is 15.7 Å². The normalized spacial score (nSPS) is 11.4. The number of aryl methyl sites for hydroxylation is 1. The predicted molar refractivity (Wildman–Crippen MR) is 71.2 cm³/mol. The Labute approximate surface area is 119 Å². The third kappa shape index (κ3) is 4.56. The van der Waals surface area contributed by atoms with Crippen LogP contribution in [0, 0.1) is 6.92 Å². The fourth-order valence-corrected chi connectivity index (χ4v) is 3.73. The van der Waals surface area contributed by atoms with Gasteiger partial charge in [0, 0.05) is 6.54 Å². The van der Waals surface area contributed by atoms with Crippen LogP contribution >= 0.6 is 11.3 Å². The molecule has 20 heavy (non-hydrogen) atoms. The van der Waals surface area contributed by atoms with Crippen molar-refractivity contribution in [2.24, 2.45) is 5.73 Å². The van der Waals surface area contributed by atoms with Crippen LogP contribution in [-0.2, 0) is 19.6 Å². The van der Waals surface area contributed by atoms with Crippen molar-refractivity contribution in [3.63, 3.8) is 0 Å². The molecular formula is C10H14N2O6S2. The molecule has 4 N–H and O–H groups in total. The van der Waals surface area contributed by atoms with Crippen molar-refractivity contribution in [1.82, 2.24) is 4.72 Å². The highest BCUT2D eigenvalue weighted by molar-refractivity contribution is 7.91. The maximum atomic E-state index is 11.9. The van der Waals surface area contributed by atoms with Crippen molar-refractivity contribution < 1.29 is 27.9 Å². The molecule has 0 atom stereocenters. The number of thiophene rings is 1. The molecule has 112 valence electrons. The van der Waals surface area contributed by atoms with Gasteiger partial charge in [-0.05, 0) is 18.6 Å². The van der Waals surface area contributed by atoms with Crippen molar-refractivity contribution in [2.45, 2.75) is 11.1 Å². The van der Waals surface area contributed by atoms with E-state index in [0.717, 1.165) is 0 Å². The number of ether oxygens (including phenoxy) is 1. The fraction of sp³-hybridized carbons (Fsp3) is 0.400. The molecular weight excluding hydrogens is 308 g/mol. The van der Waals surface area contributed by atoms with Crippen LogP contribution in [0.3, 0.4) is 0 Å². The van der Waals surface area contributed by atoms with E-state index in [2.05, 4.69) is 4.72 Å². The molecule has 10 heteroatoms. The number of carbonyl (C=O) groups excluding carboxylic acids is 1. The van der Waals surface area contributed by atoms with Crippen molar-refractivity contribution in [1.29, 1.82) is 0 Å². The van der Waals surface area contributed by atoms with Crippen LogP contribution in [0.15, 0.2) is 10.3 Å². The van der Waals surface area contributed by atoms with Crippen molar-refractivity contribution in [3.8, 4) is 0 Å². The Morgan fingerprint density at radius 1 is 1.50 bits per heavy atom. The van der Waals surface area contributed by atoms with Gasteiger partial charge in [0.2, 0.25) is 15.9 Å². The molecule has 0 aliphatic carbocycles. The molecule has 0 fully saturated rings. The highest BCUT2D eigenvalue weighted by Crippen LogP contribution is 2.25. The molecule has 0 aromatic carbocycles. The second-order valence-corrected chi connectivity index (χ2v) is 6.85. The highest BCUT2D eigenvalue weighted by atomic mass is 32.2. The average molecular weight is 322 g/mol. The Bertz CT molecular complexity index is 607. The summed E-state index contributed by atoms with van der Waals surface area (Å²) in [7, 11) is -3.79. The minimum absolute atomic E-state index is 0.0156. The van der Waals surface area contributed by atoms with Gasteiger partial charge in [-0.2, -0.15) is 0 Å². The fourth-order valence-electron chi connectivity index (χ4n) is 1.29. The molecule has 0 bridgehead atoms. The van der Waals surface area contributed by atoms with E-state index in [1.54, 1.807) is 0 Å². The third-order valence-corrected chi connectivity index (χ3v) is 5.30. The summed E-state index contributed by atoms with van der Waals surface area (Å²) in [6, 6.07) is 1.29. The maximum Gasteiger partial charge on any atom is 0.346 e. The van der Waals surface area contributed by atoms with Crippen LogP contribution in [0.1, 0.15) is 15.2 Å². The van der Waals surface area contributed by atoms with Gasteiger partial charge in [-0.1, -0.05) is 0 Å². The second kappa shape index (κ2) is 6.79. The maximum absolute atomic E-state index is 11.9. The quantitative estimate of drug-likeness (QED) is 0.554. The van der Waals surface area contributed by atoms with Crippen molar-refractivity contribution in [3.05, 3.63) is 16.5 Å². The van der Waals surface area contributed by atoms with Gasteiger partial charge in [0.05, 0.1) is 6.61 Å². The summed E-state index contributed by atoms with van der Waals surface area (Å²) >= 11 is 0.678. The van der Waals surface area contributed by atoms with Crippen LogP contribution < -0.4 is 10.5 Å². The number of carboxylic acids is 1. The molecule has 0 unspecified atom stereocenters. The molecule has 1 rings (SSSR count). The Hall–Kier alpha value is -1.49. The van der Waals surface area contributed by atoms with Gasteiger partial charge in [-0.15, -0.1) is 11.3 Å². The summed E-state index contributed by atoms with van der Waals surface area (Å²) in [5, 5.41) is 8.87. The van der Waals surface area contributed by atoms with Gasteiger partial charge in [-0.3, -0.25) is 4.79 Å². The molecule has 1 aromatic rings. The number of carbonyl (C=O) groups is 2. The van der Waals surface area contributed by atoms with E-state index < -0.39 is 21.9 Å². The number of primary amides is 1. The number of nitrogens with one attached hydrogen (secondary N) is 1. The first-order valence-electron chi connectivity index (χ1n) is 5.43. The van der Waals surface area contributed by atoms with E-state index in [9.17, 15) is 18.0 Å². The van der Waals surface area contributed by atoms with Crippen LogP contribution in [0.25, 0.3) is 0 Å². The monoisotopic (exact) mass is 322 g/mol. The Morgan fingerprint density at radius 2 is 2.15 bits per heavy atom. The number of rotatable bonds is 8. The highest BCUT2D eigenvalue weighted by Gasteiger charge is 2.21. The summed E-state index contributed by atoms with van der Waals surface area (Å²) < 4.78 is 30.7. The zero-order chi connectivity index (χ0) is 15.3. The number of hydrogen-bond acceptors (Lipinski definition) is 6. The molecule has 0 aliphatic heterocycles. The zero-order valence-corrected chi connectivity index (χ0v) is 12.2. The first-order valence-corrected chi connectivity index (χ1v) is 7.73. The molecule has 8 nitrogen and oxygen atoms in total. The molecule has 0 spiro atoms. The first kappa shape index (κ1) is 16.6. The van der Waals surface area contributed by atoms with E-state index >= 15 is 0 Å². The topological polar surface area (TPSA) is 136 Å². The van der Waals surface area contributed by atoms with E-state index in [4.69, 9.17) is 15.6 Å². The lowest BCUT2D eigenvalue weighted by atomic mass is 10.3. The standard InChI is InChI=1S/C10H14N2O6S2/c1-6-4-8(19-9(6)10(14)15)20(16,17)12-2-3-18-5-7(11)13/h4,12H,2-3,5H2,1H3,(H2,11,13)(H,14,15). The minimum atomic E-state index is -3.79. The number of sulfonamides is 1. The van der Waals surface area contributed by atoms with Crippen LogP contribution in [-0.4, -0.2) is 45.2 Å². The van der Waals surface area contributed by atoms with Crippen molar-refractivity contribution >= 4 is 33.2 Å². The predicted octanol–water partition coefficient (Wildman–Crippen LogP) is -0.465. The molecule has 0 aliphatic rings. The average Bonchev–Trinajstić information content (AvgIpc) is 2.71. The summed E-state index contributed by atoms with van der Waals surface area (Å²) in [6.45, 7) is 1.17. The zero-order valence-electron chi connectivity index (χ0n) is 10.6. The molecule has 1 aromatic heterocycles. The molecule has 0 saturated heterocycles. The lowest BCUT2D eigenvalue weighted by Gasteiger charge is -2.04. The van der Waals surface area contributed by atoms with Crippen LogP contribution in [0.2, 0.25) is 0 Å². The summed E-state index contributed by atoms with van der Waals surface area (Å²) in [5.74, 6) is -1.81. The molecule has 1 heterocycles. The van der Waals surface area contributed by atoms with Gasteiger partial charge >= 0.3 is 5.97 Å². The van der Waals surface area contributed by atoms with Crippen LogP contribution in [0.4, 0.5) is 0 Å². The largest absolute Gasteiger partial charge is 0.477 e. The number of nitrogens with two attached hydrogens (primary N) is 1. The van der Waals surface area contributed by atoms with Gasteiger partial charge in [0.25, 0.3) is 0 Å². The summed E-state index contributed by atoms with van der Waals surface area (Å²) in [5.41, 5.74) is 5.23. The van der Waals surface area contributed by atoms with E-state index in [1.165, 1.54) is 13.0 Å². The van der Waals surface area contributed by atoms with Gasteiger partial charge < -0.3 is 15.6 Å². The van der Waals surface area contributed by atoms with Crippen molar-refractivity contribution in [2.75, 3.05) is 19.8 Å². The third-order valence-electron chi connectivity index (χ3n) is 2.14. The SMILES string of the molecule is Cc1cc(S(=O)(=O)NCCOCC(N)=O)sc1C(=O)O. The van der Waals surface area contributed by atoms with E-state index in [1.807, 2.05) is 0 Å². The number of aromatic carboxylic acids is 1.